The van der Waals surface area contributed by atoms with E-state index in [-0.39, 0.29) is 39.8 Å². The summed E-state index contributed by atoms with van der Waals surface area (Å²) in [5, 5.41) is 3.19. The number of carbonyl (C=O) groups is 1. The molecule has 7 nitrogen and oxygen atoms in total. The van der Waals surface area contributed by atoms with Gasteiger partial charge in [0.25, 0.3) is 10.0 Å². The van der Waals surface area contributed by atoms with Gasteiger partial charge in [-0.1, -0.05) is 30.5 Å². The lowest BCUT2D eigenvalue weighted by Crippen LogP contribution is -2.43. The first kappa shape index (κ1) is 23.2. The molecule has 9 heteroatoms. The van der Waals surface area contributed by atoms with Crippen LogP contribution in [0.4, 0.5) is 5.69 Å². The van der Waals surface area contributed by atoms with E-state index >= 15 is 0 Å². The van der Waals surface area contributed by atoms with Crippen molar-refractivity contribution in [1.29, 1.82) is 0 Å². The van der Waals surface area contributed by atoms with Gasteiger partial charge in [-0.2, -0.15) is 0 Å². The second-order valence-corrected chi connectivity index (χ2v) is 9.77. The minimum absolute atomic E-state index is 0.0180. The number of sulfonamides is 1. The van der Waals surface area contributed by atoms with Gasteiger partial charge in [-0.25, -0.2) is 8.42 Å². The van der Waals surface area contributed by atoms with Gasteiger partial charge in [0, 0.05) is 6.04 Å². The second-order valence-electron chi connectivity index (χ2n) is 7.53. The SMILES string of the molecule is COc1ccc(N(CC(=O)NC2CCCC2)S(=O)(=O)c2cc(C)ccc2OC)cc1Cl. The Kier molecular flexibility index (Phi) is 7.33. The van der Waals surface area contributed by atoms with Crippen molar-refractivity contribution in [3.8, 4) is 11.5 Å². The van der Waals surface area contributed by atoms with Crippen molar-refractivity contribution in [3.05, 3.63) is 47.0 Å². The van der Waals surface area contributed by atoms with Gasteiger partial charge in [0.1, 0.15) is 22.9 Å². The van der Waals surface area contributed by atoms with Crippen LogP contribution in [-0.2, 0) is 14.8 Å². The summed E-state index contributed by atoms with van der Waals surface area (Å²) >= 11 is 6.26. The first-order valence-corrected chi connectivity index (χ1v) is 11.9. The number of nitrogens with zero attached hydrogens (tertiary/aromatic N) is 1. The van der Waals surface area contributed by atoms with Crippen molar-refractivity contribution in [2.75, 3.05) is 25.1 Å². The molecule has 2 aromatic rings. The molecule has 31 heavy (non-hydrogen) atoms. The maximum atomic E-state index is 13.7. The average Bonchev–Trinajstić information content (AvgIpc) is 3.24. The van der Waals surface area contributed by atoms with Gasteiger partial charge in [0.2, 0.25) is 5.91 Å². The standard InChI is InChI=1S/C22H27ClN2O5S/c1-15-8-10-20(30-3)21(12-15)31(27,28)25(14-22(26)24-16-6-4-5-7-16)17-9-11-19(29-2)18(23)13-17/h8-13,16H,4-7,14H2,1-3H3,(H,24,26). The molecule has 1 amide bonds. The Labute approximate surface area is 188 Å². The molecule has 0 aromatic heterocycles. The molecule has 1 N–H and O–H groups in total. The van der Waals surface area contributed by atoms with Crippen molar-refractivity contribution in [2.24, 2.45) is 0 Å². The van der Waals surface area contributed by atoms with Crippen LogP contribution in [0.3, 0.4) is 0 Å². The molecule has 1 saturated carbocycles. The number of rotatable bonds is 8. The Bertz CT molecular complexity index is 1050. The van der Waals surface area contributed by atoms with Gasteiger partial charge in [-0.3, -0.25) is 9.10 Å². The highest BCUT2D eigenvalue weighted by Crippen LogP contribution is 2.34. The van der Waals surface area contributed by atoms with E-state index in [1.165, 1.54) is 26.4 Å². The molecule has 0 aliphatic heterocycles. The molecule has 2 aromatic carbocycles. The number of hydrogen-bond acceptors (Lipinski definition) is 5. The predicted molar refractivity (Wildman–Crippen MR) is 121 cm³/mol. The molecule has 0 heterocycles. The zero-order valence-corrected chi connectivity index (χ0v) is 19.4. The van der Waals surface area contributed by atoms with Crippen molar-refractivity contribution >= 4 is 33.2 Å². The number of halogens is 1. The van der Waals surface area contributed by atoms with Gasteiger partial charge in [0.05, 0.1) is 24.9 Å². The molecule has 0 atom stereocenters. The molecule has 1 aliphatic carbocycles. The lowest BCUT2D eigenvalue weighted by atomic mass is 10.2. The summed E-state index contributed by atoms with van der Waals surface area (Å²) in [6.07, 6.45) is 3.92. The van der Waals surface area contributed by atoms with E-state index < -0.39 is 10.0 Å². The van der Waals surface area contributed by atoms with Gasteiger partial charge in [-0.05, 0) is 55.7 Å². The molecule has 3 rings (SSSR count). The van der Waals surface area contributed by atoms with Gasteiger partial charge in [-0.15, -0.1) is 0 Å². The topological polar surface area (TPSA) is 84.9 Å². The van der Waals surface area contributed by atoms with Crippen molar-refractivity contribution < 1.29 is 22.7 Å². The highest BCUT2D eigenvalue weighted by atomic mass is 35.5. The number of hydrogen-bond donors (Lipinski definition) is 1. The van der Waals surface area contributed by atoms with E-state index in [4.69, 9.17) is 21.1 Å². The number of aryl methyl sites for hydroxylation is 1. The highest BCUT2D eigenvalue weighted by Gasteiger charge is 2.31. The Morgan fingerprint density at radius 1 is 1.10 bits per heavy atom. The van der Waals surface area contributed by atoms with Crippen molar-refractivity contribution in [1.82, 2.24) is 5.32 Å². The normalized spacial score (nSPS) is 14.3. The van der Waals surface area contributed by atoms with Crippen LogP contribution in [0.15, 0.2) is 41.3 Å². The Balaban J connectivity index is 2.03. The highest BCUT2D eigenvalue weighted by molar-refractivity contribution is 7.93. The van der Waals surface area contributed by atoms with Crippen LogP contribution in [0, 0.1) is 6.92 Å². The molecule has 1 aliphatic rings. The third kappa shape index (κ3) is 5.25. The molecule has 0 bridgehead atoms. The van der Waals surface area contributed by atoms with Crippen LogP contribution in [-0.4, -0.2) is 41.1 Å². The van der Waals surface area contributed by atoms with Crippen LogP contribution in [0.2, 0.25) is 5.02 Å². The monoisotopic (exact) mass is 466 g/mol. The molecular formula is C22H27ClN2O5S. The summed E-state index contributed by atoms with van der Waals surface area (Å²) in [6, 6.07) is 9.57. The predicted octanol–water partition coefficient (Wildman–Crippen LogP) is 3.92. The summed E-state index contributed by atoms with van der Waals surface area (Å²) in [6.45, 7) is 1.42. The lowest BCUT2D eigenvalue weighted by molar-refractivity contribution is -0.120. The largest absolute Gasteiger partial charge is 0.495 e. The number of carbonyl (C=O) groups excluding carboxylic acids is 1. The summed E-state index contributed by atoms with van der Waals surface area (Å²) in [7, 11) is -1.25. The Morgan fingerprint density at radius 2 is 1.74 bits per heavy atom. The minimum atomic E-state index is -4.14. The molecule has 0 unspecified atom stereocenters. The van der Waals surface area contributed by atoms with Crippen molar-refractivity contribution in [2.45, 2.75) is 43.5 Å². The first-order valence-electron chi connectivity index (χ1n) is 10.1. The van der Waals surface area contributed by atoms with Crippen LogP contribution in [0.5, 0.6) is 11.5 Å². The number of ether oxygens (including phenoxy) is 2. The number of benzene rings is 2. The maximum absolute atomic E-state index is 13.7. The number of nitrogens with one attached hydrogen (secondary N) is 1. The van der Waals surface area contributed by atoms with E-state index in [1.54, 1.807) is 31.2 Å². The Morgan fingerprint density at radius 3 is 2.35 bits per heavy atom. The van der Waals surface area contributed by atoms with Crippen LogP contribution >= 0.6 is 11.6 Å². The molecule has 0 saturated heterocycles. The molecule has 168 valence electrons. The summed E-state index contributed by atoms with van der Waals surface area (Å²) in [5.74, 6) is 0.242. The fourth-order valence-electron chi connectivity index (χ4n) is 3.70. The van der Waals surface area contributed by atoms with E-state index in [0.717, 1.165) is 35.6 Å². The van der Waals surface area contributed by atoms with Crippen LogP contribution in [0.1, 0.15) is 31.2 Å². The van der Waals surface area contributed by atoms with E-state index in [1.807, 2.05) is 0 Å². The molecule has 0 radical (unpaired) electrons. The number of anilines is 1. The third-order valence-electron chi connectivity index (χ3n) is 5.32. The summed E-state index contributed by atoms with van der Waals surface area (Å²) in [5.41, 5.74) is 1.01. The Hall–Kier alpha value is -2.45. The average molecular weight is 467 g/mol. The zero-order chi connectivity index (χ0) is 22.6. The maximum Gasteiger partial charge on any atom is 0.268 e. The van der Waals surface area contributed by atoms with Crippen LogP contribution in [0.25, 0.3) is 0 Å². The minimum Gasteiger partial charge on any atom is -0.495 e. The zero-order valence-electron chi connectivity index (χ0n) is 17.9. The number of amides is 1. The van der Waals surface area contributed by atoms with E-state index in [2.05, 4.69) is 5.32 Å². The van der Waals surface area contributed by atoms with Gasteiger partial charge >= 0.3 is 0 Å². The second kappa shape index (κ2) is 9.78. The fourth-order valence-corrected chi connectivity index (χ4v) is 5.61. The summed E-state index contributed by atoms with van der Waals surface area (Å²) < 4.78 is 38.9. The molecule has 0 spiro atoms. The van der Waals surface area contributed by atoms with E-state index in [9.17, 15) is 13.2 Å². The lowest BCUT2D eigenvalue weighted by Gasteiger charge is -2.26. The summed E-state index contributed by atoms with van der Waals surface area (Å²) in [4.78, 5) is 12.8. The van der Waals surface area contributed by atoms with E-state index in [0.29, 0.717) is 5.75 Å². The smallest absolute Gasteiger partial charge is 0.268 e. The fraction of sp³-hybridized carbons (Fsp3) is 0.409. The molecule has 1 fully saturated rings. The number of methoxy groups -OCH3 is 2. The van der Waals surface area contributed by atoms with Gasteiger partial charge < -0.3 is 14.8 Å². The first-order chi connectivity index (χ1) is 14.8. The molecular weight excluding hydrogens is 440 g/mol. The van der Waals surface area contributed by atoms with Gasteiger partial charge in [0.15, 0.2) is 0 Å². The quantitative estimate of drug-likeness (QED) is 0.637. The van der Waals surface area contributed by atoms with Crippen LogP contribution < -0.4 is 19.1 Å². The van der Waals surface area contributed by atoms with Crippen molar-refractivity contribution in [3.63, 3.8) is 0 Å². The third-order valence-corrected chi connectivity index (χ3v) is 7.41.